The molecular formula is C16H18FNO. The summed E-state index contributed by atoms with van der Waals surface area (Å²) in [5.41, 5.74) is 4.12. The van der Waals surface area contributed by atoms with Gasteiger partial charge in [0.1, 0.15) is 11.6 Å². The lowest BCUT2D eigenvalue weighted by Gasteiger charge is -2.11. The van der Waals surface area contributed by atoms with E-state index in [0.717, 1.165) is 28.1 Å². The quantitative estimate of drug-likeness (QED) is 0.894. The molecule has 0 heterocycles. The molecule has 0 saturated heterocycles. The smallest absolute Gasteiger partial charge is 0.123 e. The van der Waals surface area contributed by atoms with E-state index in [-0.39, 0.29) is 5.82 Å². The predicted octanol–water partition coefficient (Wildman–Crippen LogP) is 4.06. The van der Waals surface area contributed by atoms with Gasteiger partial charge in [0.05, 0.1) is 7.11 Å². The Labute approximate surface area is 113 Å². The SMILES string of the molecule is COc1ccc(NCc2cc(F)ccc2C)cc1C. The summed E-state index contributed by atoms with van der Waals surface area (Å²) in [5.74, 6) is 0.667. The van der Waals surface area contributed by atoms with Crippen LogP contribution in [0.15, 0.2) is 36.4 Å². The van der Waals surface area contributed by atoms with Gasteiger partial charge in [0.15, 0.2) is 0 Å². The molecule has 3 heteroatoms. The van der Waals surface area contributed by atoms with Crippen LogP contribution < -0.4 is 10.1 Å². The number of aryl methyl sites for hydroxylation is 2. The van der Waals surface area contributed by atoms with E-state index in [1.54, 1.807) is 19.2 Å². The summed E-state index contributed by atoms with van der Waals surface area (Å²) < 4.78 is 18.4. The highest BCUT2D eigenvalue weighted by Crippen LogP contribution is 2.22. The summed E-state index contributed by atoms with van der Waals surface area (Å²) in [6.07, 6.45) is 0. The van der Waals surface area contributed by atoms with Crippen LogP contribution in [0.2, 0.25) is 0 Å². The number of benzene rings is 2. The second-order valence-corrected chi connectivity index (χ2v) is 4.61. The normalized spacial score (nSPS) is 10.3. The number of hydrogen-bond donors (Lipinski definition) is 1. The molecular weight excluding hydrogens is 241 g/mol. The maximum atomic E-state index is 13.2. The van der Waals surface area contributed by atoms with E-state index in [9.17, 15) is 4.39 Å². The summed E-state index contributed by atoms with van der Waals surface area (Å²) in [7, 11) is 1.66. The van der Waals surface area contributed by atoms with Crippen LogP contribution in [0, 0.1) is 19.7 Å². The first kappa shape index (κ1) is 13.4. The minimum absolute atomic E-state index is 0.201. The molecule has 19 heavy (non-hydrogen) atoms. The van der Waals surface area contributed by atoms with Crippen LogP contribution in [-0.2, 0) is 6.54 Å². The van der Waals surface area contributed by atoms with Crippen LogP contribution in [0.1, 0.15) is 16.7 Å². The maximum Gasteiger partial charge on any atom is 0.123 e. The topological polar surface area (TPSA) is 21.3 Å². The fourth-order valence-corrected chi connectivity index (χ4v) is 2.02. The third-order valence-corrected chi connectivity index (χ3v) is 3.19. The van der Waals surface area contributed by atoms with Gasteiger partial charge in [0.25, 0.3) is 0 Å². The van der Waals surface area contributed by atoms with E-state index in [0.29, 0.717) is 6.54 Å². The molecule has 0 atom stereocenters. The third-order valence-electron chi connectivity index (χ3n) is 3.19. The molecule has 0 aliphatic heterocycles. The highest BCUT2D eigenvalue weighted by molar-refractivity contribution is 5.51. The predicted molar refractivity (Wildman–Crippen MR) is 76.2 cm³/mol. The van der Waals surface area contributed by atoms with Gasteiger partial charge < -0.3 is 10.1 Å². The molecule has 0 unspecified atom stereocenters. The second-order valence-electron chi connectivity index (χ2n) is 4.61. The van der Waals surface area contributed by atoms with Crippen molar-refractivity contribution in [3.63, 3.8) is 0 Å². The van der Waals surface area contributed by atoms with E-state index in [1.807, 2.05) is 32.0 Å². The number of nitrogens with one attached hydrogen (secondary N) is 1. The van der Waals surface area contributed by atoms with Crippen molar-refractivity contribution in [1.29, 1.82) is 0 Å². The Balaban J connectivity index is 2.10. The van der Waals surface area contributed by atoms with Crippen LogP contribution in [0.4, 0.5) is 10.1 Å². The van der Waals surface area contributed by atoms with Crippen LogP contribution >= 0.6 is 0 Å². The van der Waals surface area contributed by atoms with Gasteiger partial charge in [-0.25, -0.2) is 4.39 Å². The zero-order valence-corrected chi connectivity index (χ0v) is 11.5. The van der Waals surface area contributed by atoms with Gasteiger partial charge in [-0.3, -0.25) is 0 Å². The zero-order valence-electron chi connectivity index (χ0n) is 11.5. The summed E-state index contributed by atoms with van der Waals surface area (Å²) in [5, 5.41) is 3.30. The van der Waals surface area contributed by atoms with E-state index in [2.05, 4.69) is 5.32 Å². The van der Waals surface area contributed by atoms with Gasteiger partial charge in [-0.1, -0.05) is 6.07 Å². The lowest BCUT2D eigenvalue weighted by Crippen LogP contribution is -2.02. The van der Waals surface area contributed by atoms with Crippen LogP contribution in [-0.4, -0.2) is 7.11 Å². The molecule has 0 spiro atoms. The molecule has 0 saturated carbocycles. The molecule has 2 rings (SSSR count). The van der Waals surface area contributed by atoms with Crippen LogP contribution in [0.5, 0.6) is 5.75 Å². The molecule has 2 aromatic rings. The lowest BCUT2D eigenvalue weighted by atomic mass is 10.1. The van der Waals surface area contributed by atoms with Crippen molar-refractivity contribution in [3.8, 4) is 5.75 Å². The van der Waals surface area contributed by atoms with Crippen molar-refractivity contribution in [3.05, 3.63) is 58.9 Å². The third kappa shape index (κ3) is 3.25. The van der Waals surface area contributed by atoms with Crippen molar-refractivity contribution >= 4 is 5.69 Å². The van der Waals surface area contributed by atoms with Gasteiger partial charge >= 0.3 is 0 Å². The van der Waals surface area contributed by atoms with E-state index in [1.165, 1.54) is 6.07 Å². The van der Waals surface area contributed by atoms with Gasteiger partial charge in [0, 0.05) is 12.2 Å². The lowest BCUT2D eigenvalue weighted by molar-refractivity contribution is 0.412. The van der Waals surface area contributed by atoms with Crippen molar-refractivity contribution < 1.29 is 9.13 Å². The molecule has 0 bridgehead atoms. The van der Waals surface area contributed by atoms with Gasteiger partial charge in [-0.2, -0.15) is 0 Å². The first-order valence-electron chi connectivity index (χ1n) is 6.23. The molecule has 1 N–H and O–H groups in total. The van der Waals surface area contributed by atoms with Gasteiger partial charge in [0.2, 0.25) is 0 Å². The minimum atomic E-state index is -0.201. The Morgan fingerprint density at radius 1 is 1.05 bits per heavy atom. The Bertz CT molecular complexity index is 581. The van der Waals surface area contributed by atoms with Crippen molar-refractivity contribution in [1.82, 2.24) is 0 Å². The molecule has 0 aliphatic rings. The second kappa shape index (κ2) is 5.74. The number of ether oxygens (including phenoxy) is 1. The van der Waals surface area contributed by atoms with E-state index >= 15 is 0 Å². The van der Waals surface area contributed by atoms with E-state index in [4.69, 9.17) is 4.74 Å². The monoisotopic (exact) mass is 259 g/mol. The van der Waals surface area contributed by atoms with Crippen molar-refractivity contribution in [2.75, 3.05) is 12.4 Å². The summed E-state index contributed by atoms with van der Waals surface area (Å²) in [4.78, 5) is 0. The van der Waals surface area contributed by atoms with Gasteiger partial charge in [-0.05, 0) is 60.9 Å². The Morgan fingerprint density at radius 3 is 2.53 bits per heavy atom. The Morgan fingerprint density at radius 2 is 1.84 bits per heavy atom. The van der Waals surface area contributed by atoms with E-state index < -0.39 is 0 Å². The summed E-state index contributed by atoms with van der Waals surface area (Å²) >= 11 is 0. The fourth-order valence-electron chi connectivity index (χ4n) is 2.02. The molecule has 0 radical (unpaired) electrons. The molecule has 100 valence electrons. The molecule has 0 amide bonds. The number of methoxy groups -OCH3 is 1. The fraction of sp³-hybridized carbons (Fsp3) is 0.250. The number of halogens is 1. The highest BCUT2D eigenvalue weighted by atomic mass is 19.1. The Kier molecular flexibility index (Phi) is 4.05. The van der Waals surface area contributed by atoms with Crippen molar-refractivity contribution in [2.45, 2.75) is 20.4 Å². The number of hydrogen-bond acceptors (Lipinski definition) is 2. The molecule has 0 aromatic heterocycles. The first-order chi connectivity index (χ1) is 9.10. The largest absolute Gasteiger partial charge is 0.496 e. The Hall–Kier alpha value is -2.03. The molecule has 2 aromatic carbocycles. The number of anilines is 1. The van der Waals surface area contributed by atoms with Crippen LogP contribution in [0.3, 0.4) is 0 Å². The molecule has 0 fully saturated rings. The minimum Gasteiger partial charge on any atom is -0.496 e. The van der Waals surface area contributed by atoms with Crippen molar-refractivity contribution in [2.24, 2.45) is 0 Å². The number of rotatable bonds is 4. The zero-order chi connectivity index (χ0) is 13.8. The van der Waals surface area contributed by atoms with Crippen LogP contribution in [0.25, 0.3) is 0 Å². The molecule has 2 nitrogen and oxygen atoms in total. The average Bonchev–Trinajstić information content (AvgIpc) is 2.40. The highest BCUT2D eigenvalue weighted by Gasteiger charge is 2.02. The average molecular weight is 259 g/mol. The standard InChI is InChI=1S/C16H18FNO/c1-11-4-5-14(17)9-13(11)10-18-15-6-7-16(19-3)12(2)8-15/h4-9,18H,10H2,1-3H3. The summed E-state index contributed by atoms with van der Waals surface area (Å²) in [6.45, 7) is 4.59. The maximum absolute atomic E-state index is 13.2. The van der Waals surface area contributed by atoms with Gasteiger partial charge in [-0.15, -0.1) is 0 Å². The molecule has 0 aliphatic carbocycles. The first-order valence-corrected chi connectivity index (χ1v) is 6.23. The summed E-state index contributed by atoms with van der Waals surface area (Å²) in [6, 6.07) is 10.8.